The highest BCUT2D eigenvalue weighted by atomic mass is 35.5. The van der Waals surface area contributed by atoms with Gasteiger partial charge in [0.2, 0.25) is 0 Å². The third-order valence-corrected chi connectivity index (χ3v) is 3.56. The molecule has 92 valence electrons. The topological polar surface area (TPSA) is 17.1 Å². The second kappa shape index (κ2) is 4.87. The highest BCUT2D eigenvalue weighted by Gasteiger charge is 2.08. The lowest BCUT2D eigenvalue weighted by molar-refractivity contribution is 0.112. The Bertz CT molecular complexity index is 762. The van der Waals surface area contributed by atoms with E-state index in [1.165, 1.54) is 5.39 Å². The lowest BCUT2D eigenvalue weighted by Gasteiger charge is -2.08. The summed E-state index contributed by atoms with van der Waals surface area (Å²) in [6.45, 7) is 0. The van der Waals surface area contributed by atoms with E-state index in [0.717, 1.165) is 22.8 Å². The first-order valence-corrected chi connectivity index (χ1v) is 6.40. The van der Waals surface area contributed by atoms with E-state index in [-0.39, 0.29) is 0 Å². The van der Waals surface area contributed by atoms with E-state index in [4.69, 9.17) is 11.6 Å². The Balaban J connectivity index is 2.24. The van der Waals surface area contributed by atoms with Gasteiger partial charge in [0, 0.05) is 5.56 Å². The molecule has 0 radical (unpaired) electrons. The van der Waals surface area contributed by atoms with Crippen LogP contribution in [0.2, 0.25) is 5.02 Å². The van der Waals surface area contributed by atoms with Crippen molar-refractivity contribution in [3.8, 4) is 11.1 Å². The molecule has 0 aromatic heterocycles. The van der Waals surface area contributed by atoms with E-state index in [9.17, 15) is 4.79 Å². The fourth-order valence-corrected chi connectivity index (χ4v) is 2.48. The average Bonchev–Trinajstić information content (AvgIpc) is 2.46. The second-order valence-corrected chi connectivity index (χ2v) is 4.79. The van der Waals surface area contributed by atoms with Crippen molar-refractivity contribution >= 4 is 28.7 Å². The van der Waals surface area contributed by atoms with Crippen LogP contribution in [0, 0.1) is 0 Å². The van der Waals surface area contributed by atoms with Crippen LogP contribution in [-0.4, -0.2) is 6.29 Å². The quantitative estimate of drug-likeness (QED) is 0.598. The van der Waals surface area contributed by atoms with E-state index in [1.807, 2.05) is 30.3 Å². The molecule has 3 rings (SSSR count). The number of carbonyl (C=O) groups is 1. The van der Waals surface area contributed by atoms with Crippen LogP contribution < -0.4 is 0 Å². The van der Waals surface area contributed by atoms with Gasteiger partial charge in [-0.05, 0) is 34.0 Å². The first kappa shape index (κ1) is 11.9. The molecule has 0 fully saturated rings. The van der Waals surface area contributed by atoms with Gasteiger partial charge in [0.15, 0.2) is 6.29 Å². The van der Waals surface area contributed by atoms with Crippen LogP contribution in [0.3, 0.4) is 0 Å². The molecule has 0 aliphatic heterocycles. The predicted molar refractivity (Wildman–Crippen MR) is 79.8 cm³/mol. The van der Waals surface area contributed by atoms with E-state index in [0.29, 0.717) is 10.6 Å². The number of fused-ring (bicyclic) bond motifs is 1. The number of carbonyl (C=O) groups excluding carboxylic acids is 1. The summed E-state index contributed by atoms with van der Waals surface area (Å²) in [6, 6.07) is 19.8. The molecule has 1 nitrogen and oxygen atoms in total. The smallest absolute Gasteiger partial charge is 0.152 e. The van der Waals surface area contributed by atoms with E-state index in [1.54, 1.807) is 6.07 Å². The normalized spacial score (nSPS) is 10.6. The summed E-state index contributed by atoms with van der Waals surface area (Å²) in [4.78, 5) is 11.2. The molecule has 0 atom stereocenters. The Morgan fingerprint density at radius 3 is 2.42 bits per heavy atom. The molecule has 0 saturated carbocycles. The molecule has 0 unspecified atom stereocenters. The van der Waals surface area contributed by atoms with Crippen molar-refractivity contribution in [2.75, 3.05) is 0 Å². The Hall–Kier alpha value is -2.12. The van der Waals surface area contributed by atoms with Crippen molar-refractivity contribution < 1.29 is 4.79 Å². The zero-order chi connectivity index (χ0) is 13.2. The number of hydrogen-bond donors (Lipinski definition) is 0. The lowest BCUT2D eigenvalue weighted by atomic mass is 9.98. The van der Waals surface area contributed by atoms with Crippen molar-refractivity contribution in [1.29, 1.82) is 0 Å². The summed E-state index contributed by atoms with van der Waals surface area (Å²) >= 11 is 6.07. The third kappa shape index (κ3) is 2.13. The van der Waals surface area contributed by atoms with Gasteiger partial charge < -0.3 is 0 Å². The summed E-state index contributed by atoms with van der Waals surface area (Å²) in [5.74, 6) is 0. The maximum Gasteiger partial charge on any atom is 0.152 e. The molecular weight excluding hydrogens is 256 g/mol. The minimum atomic E-state index is 0.487. The highest BCUT2D eigenvalue weighted by molar-refractivity contribution is 6.33. The van der Waals surface area contributed by atoms with Gasteiger partial charge in [-0.2, -0.15) is 0 Å². The molecule has 0 aliphatic rings. The highest BCUT2D eigenvalue weighted by Crippen LogP contribution is 2.30. The number of benzene rings is 3. The Morgan fingerprint density at radius 1 is 0.842 bits per heavy atom. The minimum absolute atomic E-state index is 0.487. The van der Waals surface area contributed by atoms with Crippen molar-refractivity contribution in [2.24, 2.45) is 0 Å². The summed E-state index contributed by atoms with van der Waals surface area (Å²) in [5, 5.41) is 2.82. The molecule has 3 aromatic rings. The first-order chi connectivity index (χ1) is 9.29. The number of halogens is 1. The maximum absolute atomic E-state index is 11.2. The van der Waals surface area contributed by atoms with Gasteiger partial charge in [0.25, 0.3) is 0 Å². The van der Waals surface area contributed by atoms with Crippen molar-refractivity contribution in [3.63, 3.8) is 0 Å². The van der Waals surface area contributed by atoms with Gasteiger partial charge in [-0.15, -0.1) is 0 Å². The predicted octanol–water partition coefficient (Wildman–Crippen LogP) is 4.97. The molecule has 0 N–H and O–H groups in total. The van der Waals surface area contributed by atoms with Crippen LogP contribution in [0.15, 0.2) is 60.7 Å². The first-order valence-electron chi connectivity index (χ1n) is 6.02. The third-order valence-electron chi connectivity index (χ3n) is 3.23. The Kier molecular flexibility index (Phi) is 3.06. The van der Waals surface area contributed by atoms with Crippen LogP contribution in [0.25, 0.3) is 21.9 Å². The van der Waals surface area contributed by atoms with Gasteiger partial charge >= 0.3 is 0 Å². The summed E-state index contributed by atoms with van der Waals surface area (Å²) in [7, 11) is 0. The summed E-state index contributed by atoms with van der Waals surface area (Å²) in [6.07, 6.45) is 0.812. The SMILES string of the molecule is O=Cc1c(Cl)cccc1-c1ccc2ccccc2c1. The molecular formula is C17H11ClO. The molecule has 19 heavy (non-hydrogen) atoms. The zero-order valence-corrected chi connectivity index (χ0v) is 10.9. The Labute approximate surface area is 116 Å². The van der Waals surface area contributed by atoms with Crippen molar-refractivity contribution in [3.05, 3.63) is 71.2 Å². The number of hydrogen-bond acceptors (Lipinski definition) is 1. The monoisotopic (exact) mass is 266 g/mol. The van der Waals surface area contributed by atoms with Crippen molar-refractivity contribution in [1.82, 2.24) is 0 Å². The van der Waals surface area contributed by atoms with Crippen LogP contribution >= 0.6 is 11.6 Å². The largest absolute Gasteiger partial charge is 0.298 e. The summed E-state index contributed by atoms with van der Waals surface area (Å²) < 4.78 is 0. The van der Waals surface area contributed by atoms with Crippen LogP contribution in [0.5, 0.6) is 0 Å². The molecule has 0 amide bonds. The second-order valence-electron chi connectivity index (χ2n) is 4.38. The molecule has 0 bridgehead atoms. The van der Waals surface area contributed by atoms with E-state index in [2.05, 4.69) is 24.3 Å². The molecule has 0 saturated heterocycles. The van der Waals surface area contributed by atoms with Gasteiger partial charge in [-0.3, -0.25) is 4.79 Å². The number of rotatable bonds is 2. The maximum atomic E-state index is 11.2. The molecule has 0 spiro atoms. The van der Waals surface area contributed by atoms with Gasteiger partial charge in [-0.1, -0.05) is 60.1 Å². The standard InChI is InChI=1S/C17H11ClO/c18-17-7-3-6-15(16(17)11-19)14-9-8-12-4-1-2-5-13(12)10-14/h1-11H. The van der Waals surface area contributed by atoms with E-state index >= 15 is 0 Å². The fraction of sp³-hybridized carbons (Fsp3) is 0. The van der Waals surface area contributed by atoms with Gasteiger partial charge in [0.1, 0.15) is 0 Å². The average molecular weight is 267 g/mol. The van der Waals surface area contributed by atoms with Gasteiger partial charge in [-0.25, -0.2) is 0 Å². The molecule has 0 aliphatic carbocycles. The van der Waals surface area contributed by atoms with Crippen LogP contribution in [-0.2, 0) is 0 Å². The molecule has 0 heterocycles. The number of aldehydes is 1. The van der Waals surface area contributed by atoms with Crippen LogP contribution in [0.1, 0.15) is 10.4 Å². The lowest BCUT2D eigenvalue weighted by Crippen LogP contribution is -1.89. The zero-order valence-electron chi connectivity index (χ0n) is 10.1. The molecule has 2 heteroatoms. The summed E-state index contributed by atoms with van der Waals surface area (Å²) in [5.41, 5.74) is 2.41. The molecule has 3 aromatic carbocycles. The van der Waals surface area contributed by atoms with E-state index < -0.39 is 0 Å². The van der Waals surface area contributed by atoms with Crippen molar-refractivity contribution in [2.45, 2.75) is 0 Å². The minimum Gasteiger partial charge on any atom is -0.298 e. The van der Waals surface area contributed by atoms with Gasteiger partial charge in [0.05, 0.1) is 5.02 Å². The fourth-order valence-electron chi connectivity index (χ4n) is 2.27. The Morgan fingerprint density at radius 2 is 1.63 bits per heavy atom. The van der Waals surface area contributed by atoms with Crippen LogP contribution in [0.4, 0.5) is 0 Å².